The molecular weight excluding hydrogens is 230 g/mol. The van der Waals surface area contributed by atoms with Crippen LogP contribution in [0.25, 0.3) is 5.69 Å². The van der Waals surface area contributed by atoms with E-state index in [-0.39, 0.29) is 5.69 Å². The number of ether oxygens (including phenoxy) is 1. The molecule has 0 unspecified atom stereocenters. The minimum atomic E-state index is -0.525. The summed E-state index contributed by atoms with van der Waals surface area (Å²) in [6.07, 6.45) is 0. The highest BCUT2D eigenvalue weighted by molar-refractivity contribution is 5.92. The first-order valence-electron chi connectivity index (χ1n) is 5.55. The molecule has 2 N–H and O–H groups in total. The predicted molar refractivity (Wildman–Crippen MR) is 68.8 cm³/mol. The van der Waals surface area contributed by atoms with Gasteiger partial charge in [0.15, 0.2) is 5.69 Å². The van der Waals surface area contributed by atoms with Gasteiger partial charge in [-0.2, -0.15) is 0 Å². The third-order valence-electron chi connectivity index (χ3n) is 2.82. The summed E-state index contributed by atoms with van der Waals surface area (Å²) in [5, 5.41) is 0. The normalized spacial score (nSPS) is 10.4. The number of nitrogens with zero attached hydrogens (tertiary/aromatic N) is 2. The molecule has 0 saturated heterocycles. The van der Waals surface area contributed by atoms with E-state index in [1.54, 1.807) is 11.5 Å². The number of methoxy groups -OCH3 is 1. The quantitative estimate of drug-likeness (QED) is 0.820. The maximum atomic E-state index is 11.5. The topological polar surface area (TPSA) is 70.1 Å². The van der Waals surface area contributed by atoms with Crippen molar-refractivity contribution in [1.82, 2.24) is 9.55 Å². The Labute approximate surface area is 105 Å². The van der Waals surface area contributed by atoms with Gasteiger partial charge < -0.3 is 10.5 Å². The van der Waals surface area contributed by atoms with Crippen molar-refractivity contribution >= 4 is 11.8 Å². The molecule has 5 nitrogen and oxygen atoms in total. The molecule has 18 heavy (non-hydrogen) atoms. The van der Waals surface area contributed by atoms with E-state index in [4.69, 9.17) is 5.73 Å². The lowest BCUT2D eigenvalue weighted by atomic mass is 10.2. The number of imidazole rings is 1. The SMILES string of the molecule is COC(=O)c1nc(C)n(-c2ccccc2C)c1N. The van der Waals surface area contributed by atoms with Gasteiger partial charge in [-0.25, -0.2) is 9.78 Å². The van der Waals surface area contributed by atoms with Gasteiger partial charge >= 0.3 is 5.97 Å². The molecule has 0 aliphatic rings. The lowest BCUT2D eigenvalue weighted by Gasteiger charge is -2.10. The fourth-order valence-corrected chi connectivity index (χ4v) is 1.91. The second-order valence-electron chi connectivity index (χ2n) is 4.01. The van der Waals surface area contributed by atoms with Crippen molar-refractivity contribution in [2.45, 2.75) is 13.8 Å². The summed E-state index contributed by atoms with van der Waals surface area (Å²) in [7, 11) is 1.31. The van der Waals surface area contributed by atoms with Gasteiger partial charge in [0.1, 0.15) is 11.6 Å². The summed E-state index contributed by atoms with van der Waals surface area (Å²) in [5.41, 5.74) is 8.10. The first kappa shape index (κ1) is 12.2. The summed E-state index contributed by atoms with van der Waals surface area (Å²) < 4.78 is 6.41. The third kappa shape index (κ3) is 1.84. The van der Waals surface area contributed by atoms with Gasteiger partial charge in [0.05, 0.1) is 12.8 Å². The fourth-order valence-electron chi connectivity index (χ4n) is 1.91. The average Bonchev–Trinajstić information content (AvgIpc) is 2.65. The number of nitrogens with two attached hydrogens (primary N) is 1. The van der Waals surface area contributed by atoms with Crippen molar-refractivity contribution in [2.75, 3.05) is 12.8 Å². The van der Waals surface area contributed by atoms with Crippen LogP contribution in [0.15, 0.2) is 24.3 Å². The number of hydrogen-bond acceptors (Lipinski definition) is 4. The molecule has 2 aromatic rings. The first-order valence-corrected chi connectivity index (χ1v) is 5.55. The predicted octanol–water partition coefficient (Wildman–Crippen LogP) is 1.86. The lowest BCUT2D eigenvalue weighted by Crippen LogP contribution is -2.08. The van der Waals surface area contributed by atoms with Gasteiger partial charge in [0.2, 0.25) is 0 Å². The van der Waals surface area contributed by atoms with E-state index in [9.17, 15) is 4.79 Å². The van der Waals surface area contributed by atoms with Crippen LogP contribution in [0, 0.1) is 13.8 Å². The van der Waals surface area contributed by atoms with E-state index in [2.05, 4.69) is 9.72 Å². The molecule has 2 rings (SSSR count). The maximum absolute atomic E-state index is 11.5. The minimum Gasteiger partial charge on any atom is -0.464 e. The number of nitrogen functional groups attached to an aromatic ring is 1. The summed E-state index contributed by atoms with van der Waals surface area (Å²) in [5.74, 6) is 0.429. The molecule has 1 heterocycles. The zero-order valence-electron chi connectivity index (χ0n) is 10.6. The van der Waals surface area contributed by atoms with Crippen molar-refractivity contribution in [3.63, 3.8) is 0 Å². The van der Waals surface area contributed by atoms with E-state index in [0.29, 0.717) is 11.6 Å². The Kier molecular flexibility index (Phi) is 3.06. The molecule has 1 aromatic heterocycles. The zero-order chi connectivity index (χ0) is 13.3. The first-order chi connectivity index (χ1) is 8.56. The Hall–Kier alpha value is -2.30. The lowest BCUT2D eigenvalue weighted by molar-refractivity contribution is 0.0596. The molecule has 0 fully saturated rings. The van der Waals surface area contributed by atoms with Gasteiger partial charge in [-0.1, -0.05) is 18.2 Å². The van der Waals surface area contributed by atoms with Gasteiger partial charge in [-0.05, 0) is 25.5 Å². The number of hydrogen-bond donors (Lipinski definition) is 1. The minimum absolute atomic E-state index is 0.151. The Morgan fingerprint density at radius 3 is 2.61 bits per heavy atom. The van der Waals surface area contributed by atoms with Crippen LogP contribution in [-0.2, 0) is 4.74 Å². The van der Waals surface area contributed by atoms with Gasteiger partial charge in [-0.3, -0.25) is 4.57 Å². The van der Waals surface area contributed by atoms with E-state index >= 15 is 0 Å². The maximum Gasteiger partial charge on any atom is 0.360 e. The molecule has 1 aromatic carbocycles. The van der Waals surface area contributed by atoms with E-state index in [0.717, 1.165) is 11.3 Å². The molecule has 0 spiro atoms. The zero-order valence-corrected chi connectivity index (χ0v) is 10.6. The molecule has 5 heteroatoms. The average molecular weight is 245 g/mol. The summed E-state index contributed by atoms with van der Waals surface area (Å²) >= 11 is 0. The molecule has 0 aliphatic heterocycles. The van der Waals surface area contributed by atoms with Crippen LogP contribution >= 0.6 is 0 Å². The number of anilines is 1. The van der Waals surface area contributed by atoms with Crippen LogP contribution in [0.4, 0.5) is 5.82 Å². The van der Waals surface area contributed by atoms with Crippen molar-refractivity contribution < 1.29 is 9.53 Å². The molecule has 0 radical (unpaired) electrons. The number of para-hydroxylation sites is 1. The van der Waals surface area contributed by atoms with Crippen molar-refractivity contribution in [2.24, 2.45) is 0 Å². The Morgan fingerprint density at radius 1 is 1.33 bits per heavy atom. The second kappa shape index (κ2) is 4.52. The summed E-state index contributed by atoms with van der Waals surface area (Å²) in [6.45, 7) is 3.78. The number of benzene rings is 1. The highest BCUT2D eigenvalue weighted by Crippen LogP contribution is 2.23. The second-order valence-corrected chi connectivity index (χ2v) is 4.01. The Bertz CT molecular complexity index is 602. The van der Waals surface area contributed by atoms with Crippen LogP contribution in [0.1, 0.15) is 21.9 Å². The molecular formula is C13H15N3O2. The number of rotatable bonds is 2. The van der Waals surface area contributed by atoms with Crippen LogP contribution in [-0.4, -0.2) is 22.6 Å². The molecule has 94 valence electrons. The summed E-state index contributed by atoms with van der Waals surface area (Å²) in [6, 6.07) is 7.77. The van der Waals surface area contributed by atoms with Crippen LogP contribution < -0.4 is 5.73 Å². The monoisotopic (exact) mass is 245 g/mol. The van der Waals surface area contributed by atoms with E-state index in [1.807, 2.05) is 31.2 Å². The molecule has 0 bridgehead atoms. The number of carbonyl (C=O) groups is 1. The van der Waals surface area contributed by atoms with Crippen LogP contribution in [0.5, 0.6) is 0 Å². The van der Waals surface area contributed by atoms with Gasteiger partial charge in [0.25, 0.3) is 0 Å². The molecule has 0 saturated carbocycles. The fraction of sp³-hybridized carbons (Fsp3) is 0.231. The molecule has 0 amide bonds. The van der Waals surface area contributed by atoms with Gasteiger partial charge in [0, 0.05) is 0 Å². The van der Waals surface area contributed by atoms with E-state index in [1.165, 1.54) is 7.11 Å². The van der Waals surface area contributed by atoms with Crippen molar-refractivity contribution in [1.29, 1.82) is 0 Å². The number of aromatic nitrogens is 2. The molecule has 0 aliphatic carbocycles. The standard InChI is InChI=1S/C13H15N3O2/c1-8-6-4-5-7-10(8)16-9(2)15-11(12(16)14)13(17)18-3/h4-7H,14H2,1-3H3. The number of carbonyl (C=O) groups excluding carboxylic acids is 1. The smallest absolute Gasteiger partial charge is 0.360 e. The molecule has 0 atom stereocenters. The van der Waals surface area contributed by atoms with Crippen LogP contribution in [0.2, 0.25) is 0 Å². The van der Waals surface area contributed by atoms with Gasteiger partial charge in [-0.15, -0.1) is 0 Å². The number of aryl methyl sites for hydroxylation is 2. The third-order valence-corrected chi connectivity index (χ3v) is 2.82. The number of esters is 1. The van der Waals surface area contributed by atoms with E-state index < -0.39 is 5.97 Å². The highest BCUT2D eigenvalue weighted by atomic mass is 16.5. The van der Waals surface area contributed by atoms with Crippen LogP contribution in [0.3, 0.4) is 0 Å². The Balaban J connectivity index is 2.63. The summed E-state index contributed by atoms with van der Waals surface area (Å²) in [4.78, 5) is 15.7. The Morgan fingerprint density at radius 2 is 2.00 bits per heavy atom. The largest absolute Gasteiger partial charge is 0.464 e. The van der Waals surface area contributed by atoms with Crippen molar-refractivity contribution in [3.8, 4) is 5.69 Å². The highest BCUT2D eigenvalue weighted by Gasteiger charge is 2.20. The van der Waals surface area contributed by atoms with Crippen molar-refractivity contribution in [3.05, 3.63) is 41.3 Å².